The van der Waals surface area contributed by atoms with E-state index >= 15 is 0 Å². The first kappa shape index (κ1) is 30.7. The van der Waals surface area contributed by atoms with Gasteiger partial charge in [0.1, 0.15) is 11.5 Å². The Labute approximate surface area is 253 Å². The first-order chi connectivity index (χ1) is 20.4. The number of methoxy groups -OCH3 is 1. The molecule has 0 aliphatic rings. The average molecular weight is 585 g/mol. The van der Waals surface area contributed by atoms with E-state index in [1.807, 2.05) is 95.9 Å². The summed E-state index contributed by atoms with van der Waals surface area (Å²) >= 11 is 6.33. The number of halogens is 1. The molecule has 0 atom stereocenters. The molecule has 0 saturated heterocycles. The summed E-state index contributed by atoms with van der Waals surface area (Å²) in [6.45, 7) is 3.97. The fourth-order valence-electron chi connectivity index (χ4n) is 4.52. The molecule has 7 heteroatoms. The van der Waals surface area contributed by atoms with Crippen LogP contribution >= 0.6 is 11.6 Å². The van der Waals surface area contributed by atoms with Gasteiger partial charge in [-0.25, -0.2) is 0 Å². The van der Waals surface area contributed by atoms with E-state index in [9.17, 15) is 9.59 Å². The molecular weight excluding hydrogens is 548 g/mol. The minimum absolute atomic E-state index is 0.0251. The Morgan fingerprint density at radius 1 is 0.857 bits per heavy atom. The number of benzene rings is 4. The molecule has 1 N–H and O–H groups in total. The molecule has 0 radical (unpaired) electrons. The van der Waals surface area contributed by atoms with Crippen LogP contribution in [0.5, 0.6) is 11.5 Å². The molecule has 0 spiro atoms. The van der Waals surface area contributed by atoms with E-state index in [0.717, 1.165) is 40.2 Å². The number of hydrogen-bond donors (Lipinski definition) is 1. The lowest BCUT2D eigenvalue weighted by molar-refractivity contribution is -0.131. The monoisotopic (exact) mass is 584 g/mol. The van der Waals surface area contributed by atoms with E-state index in [1.54, 1.807) is 13.2 Å². The highest BCUT2D eigenvalue weighted by Crippen LogP contribution is 2.25. The molecule has 4 aromatic rings. The van der Waals surface area contributed by atoms with E-state index in [1.165, 1.54) is 0 Å². The summed E-state index contributed by atoms with van der Waals surface area (Å²) < 4.78 is 11.1. The van der Waals surface area contributed by atoms with Crippen molar-refractivity contribution in [2.24, 2.45) is 0 Å². The number of carbonyl (C=O) groups excluding carboxylic acids is 2. The van der Waals surface area contributed by atoms with Crippen molar-refractivity contribution in [2.45, 2.75) is 39.3 Å². The van der Waals surface area contributed by atoms with Crippen molar-refractivity contribution < 1.29 is 19.1 Å². The topological polar surface area (TPSA) is 67.9 Å². The Hall–Kier alpha value is -4.29. The summed E-state index contributed by atoms with van der Waals surface area (Å²) in [5, 5.41) is 3.56. The Kier molecular flexibility index (Phi) is 11.4. The molecule has 4 rings (SSSR count). The van der Waals surface area contributed by atoms with Crippen LogP contribution in [0, 0.1) is 0 Å². The number of nitrogens with zero attached hydrogens (tertiary/aromatic N) is 1. The molecule has 0 fully saturated rings. The molecule has 0 bridgehead atoms. The highest BCUT2D eigenvalue weighted by atomic mass is 35.5. The van der Waals surface area contributed by atoms with Gasteiger partial charge in [0.15, 0.2) is 0 Å². The van der Waals surface area contributed by atoms with E-state index in [0.29, 0.717) is 49.7 Å². The predicted molar refractivity (Wildman–Crippen MR) is 167 cm³/mol. The lowest BCUT2D eigenvalue weighted by atomic mass is 10.1. The molecule has 0 aromatic heterocycles. The molecule has 0 aliphatic heterocycles. The van der Waals surface area contributed by atoms with Crippen LogP contribution in [0.25, 0.3) is 0 Å². The van der Waals surface area contributed by atoms with Gasteiger partial charge in [0.2, 0.25) is 5.91 Å². The van der Waals surface area contributed by atoms with Gasteiger partial charge in [-0.05, 0) is 72.0 Å². The van der Waals surface area contributed by atoms with E-state index < -0.39 is 0 Å². The Morgan fingerprint density at radius 3 is 2.26 bits per heavy atom. The summed E-state index contributed by atoms with van der Waals surface area (Å²) in [5.74, 6) is 1.40. The van der Waals surface area contributed by atoms with Crippen LogP contribution < -0.4 is 14.8 Å². The lowest BCUT2D eigenvalue weighted by Crippen LogP contribution is -2.34. The maximum atomic E-state index is 13.5. The second kappa shape index (κ2) is 15.6. The van der Waals surface area contributed by atoms with E-state index in [4.69, 9.17) is 21.1 Å². The van der Waals surface area contributed by atoms with Gasteiger partial charge in [-0.15, -0.1) is 0 Å². The number of ether oxygens (including phenoxy) is 2. The smallest absolute Gasteiger partial charge is 0.251 e. The highest BCUT2D eigenvalue weighted by Gasteiger charge is 2.18. The van der Waals surface area contributed by atoms with E-state index in [-0.39, 0.29) is 11.8 Å². The van der Waals surface area contributed by atoms with Gasteiger partial charge >= 0.3 is 0 Å². The van der Waals surface area contributed by atoms with Crippen molar-refractivity contribution in [1.82, 2.24) is 10.2 Å². The average Bonchev–Trinajstić information content (AvgIpc) is 3.02. The summed E-state index contributed by atoms with van der Waals surface area (Å²) in [6.07, 6.45) is 1.83. The van der Waals surface area contributed by atoms with Crippen molar-refractivity contribution in [2.75, 3.05) is 20.3 Å². The van der Waals surface area contributed by atoms with E-state index in [2.05, 4.69) is 12.2 Å². The fraction of sp³-hybridized carbons (Fsp3) is 0.257. The molecule has 0 unspecified atom stereocenters. The molecular formula is C35H37ClN2O4. The quantitative estimate of drug-likeness (QED) is 0.175. The second-order valence-corrected chi connectivity index (χ2v) is 10.5. The Bertz CT molecular complexity index is 1440. The molecule has 2 amide bonds. The first-order valence-corrected chi connectivity index (χ1v) is 14.6. The number of hydrogen-bond acceptors (Lipinski definition) is 4. The Morgan fingerprint density at radius 2 is 1.57 bits per heavy atom. The van der Waals surface area contributed by atoms with Gasteiger partial charge in [0.25, 0.3) is 5.91 Å². The van der Waals surface area contributed by atoms with Crippen molar-refractivity contribution >= 4 is 23.4 Å². The van der Waals surface area contributed by atoms with Crippen molar-refractivity contribution in [3.63, 3.8) is 0 Å². The van der Waals surface area contributed by atoms with Crippen LogP contribution in [0.4, 0.5) is 0 Å². The normalized spacial score (nSPS) is 10.6. The summed E-state index contributed by atoms with van der Waals surface area (Å²) in [7, 11) is 1.62. The predicted octanol–water partition coefficient (Wildman–Crippen LogP) is 6.88. The minimum atomic E-state index is -0.141. The van der Waals surface area contributed by atoms with Crippen LogP contribution in [0.15, 0.2) is 97.1 Å². The number of rotatable bonds is 14. The van der Waals surface area contributed by atoms with Gasteiger partial charge in [-0.3, -0.25) is 9.59 Å². The number of carbonyl (C=O) groups is 2. The van der Waals surface area contributed by atoms with Crippen LogP contribution in [-0.2, 0) is 30.7 Å². The third kappa shape index (κ3) is 9.11. The standard InChI is InChI=1S/C35H37ClN2O4/c1-3-21-42-33-18-15-31(36)23-30(33)25-38(34(39)22-27-7-5-4-6-8-27)20-19-26-9-13-29(14-10-26)35(40)37-24-28-11-16-32(41-2)17-12-28/h4-18,23H,3,19-22,24-25H2,1-2H3,(H,37,40). The zero-order valence-electron chi connectivity index (χ0n) is 24.1. The van der Waals surface area contributed by atoms with Crippen LogP contribution in [0.1, 0.15) is 46.0 Å². The summed E-state index contributed by atoms with van der Waals surface area (Å²) in [5.41, 5.74) is 4.45. The summed E-state index contributed by atoms with van der Waals surface area (Å²) in [4.78, 5) is 28.1. The van der Waals surface area contributed by atoms with Gasteiger partial charge < -0.3 is 19.7 Å². The van der Waals surface area contributed by atoms with Crippen molar-refractivity contribution in [3.8, 4) is 11.5 Å². The minimum Gasteiger partial charge on any atom is -0.497 e. The van der Waals surface area contributed by atoms with Gasteiger partial charge in [-0.1, -0.05) is 73.1 Å². The van der Waals surface area contributed by atoms with Crippen LogP contribution in [0.3, 0.4) is 0 Å². The molecule has 6 nitrogen and oxygen atoms in total. The number of amides is 2. The zero-order valence-corrected chi connectivity index (χ0v) is 24.9. The lowest BCUT2D eigenvalue weighted by Gasteiger charge is -2.24. The first-order valence-electron chi connectivity index (χ1n) is 14.2. The largest absolute Gasteiger partial charge is 0.497 e. The number of nitrogens with one attached hydrogen (secondary N) is 1. The van der Waals surface area contributed by atoms with Crippen LogP contribution in [-0.4, -0.2) is 37.0 Å². The third-order valence-corrected chi connectivity index (χ3v) is 7.13. The zero-order chi connectivity index (χ0) is 29.7. The molecule has 4 aromatic carbocycles. The molecule has 0 saturated carbocycles. The fourth-order valence-corrected chi connectivity index (χ4v) is 4.71. The van der Waals surface area contributed by atoms with Crippen LogP contribution in [0.2, 0.25) is 5.02 Å². The molecule has 42 heavy (non-hydrogen) atoms. The molecule has 218 valence electrons. The molecule has 0 aliphatic carbocycles. The van der Waals surface area contributed by atoms with Crippen molar-refractivity contribution in [3.05, 3.63) is 130 Å². The summed E-state index contributed by atoms with van der Waals surface area (Å²) in [6, 6.07) is 30.4. The Balaban J connectivity index is 1.42. The second-order valence-electron chi connectivity index (χ2n) is 10.1. The van der Waals surface area contributed by atoms with Gasteiger partial charge in [0, 0.05) is 35.8 Å². The maximum Gasteiger partial charge on any atom is 0.251 e. The van der Waals surface area contributed by atoms with Crippen molar-refractivity contribution in [1.29, 1.82) is 0 Å². The third-order valence-electron chi connectivity index (χ3n) is 6.89. The SMILES string of the molecule is CCCOc1ccc(Cl)cc1CN(CCc1ccc(C(=O)NCc2ccc(OC)cc2)cc1)C(=O)Cc1ccccc1. The van der Waals surface area contributed by atoms with Gasteiger partial charge in [0.05, 0.1) is 20.1 Å². The van der Waals surface area contributed by atoms with Gasteiger partial charge in [-0.2, -0.15) is 0 Å². The highest BCUT2D eigenvalue weighted by molar-refractivity contribution is 6.30. The molecule has 0 heterocycles. The maximum absolute atomic E-state index is 13.5.